The number of aromatic nitrogens is 6. The molecule has 2 atom stereocenters. The topological polar surface area (TPSA) is 90.9 Å². The van der Waals surface area contributed by atoms with Crippen LogP contribution in [0.2, 0.25) is 5.02 Å². The molecule has 0 aliphatic carbocycles. The molecular formula is C14H15ClN6O2. The lowest BCUT2D eigenvalue weighted by atomic mass is 9.91. The van der Waals surface area contributed by atoms with Crippen LogP contribution in [0.25, 0.3) is 0 Å². The first kappa shape index (κ1) is 15.6. The van der Waals surface area contributed by atoms with Crippen LogP contribution in [-0.2, 0) is 16.9 Å². The number of rotatable bonds is 6. The number of benzene rings is 1. The van der Waals surface area contributed by atoms with Crippen molar-refractivity contribution in [2.45, 2.75) is 18.4 Å². The SMILES string of the molecule is CO[C@@H](n1cncn1)[C@@](O)(Cn1cncn1)c1ccc(Cl)cc1. The second kappa shape index (κ2) is 6.45. The molecule has 3 aromatic rings. The van der Waals surface area contributed by atoms with Crippen LogP contribution in [0.3, 0.4) is 0 Å². The summed E-state index contributed by atoms with van der Waals surface area (Å²) in [6, 6.07) is 6.89. The Morgan fingerprint density at radius 1 is 1.17 bits per heavy atom. The molecule has 0 radical (unpaired) electrons. The van der Waals surface area contributed by atoms with Crippen LogP contribution in [-0.4, -0.2) is 41.7 Å². The van der Waals surface area contributed by atoms with E-state index in [-0.39, 0.29) is 6.54 Å². The van der Waals surface area contributed by atoms with Gasteiger partial charge in [0.1, 0.15) is 25.3 Å². The molecule has 0 fully saturated rings. The number of ether oxygens (including phenoxy) is 1. The minimum absolute atomic E-state index is 0.118. The largest absolute Gasteiger partial charge is 0.378 e. The van der Waals surface area contributed by atoms with Gasteiger partial charge < -0.3 is 9.84 Å². The summed E-state index contributed by atoms with van der Waals surface area (Å²) in [6.45, 7) is 0.118. The van der Waals surface area contributed by atoms with Crippen LogP contribution in [0.5, 0.6) is 0 Å². The summed E-state index contributed by atoms with van der Waals surface area (Å²) < 4.78 is 8.48. The number of aliphatic hydroxyl groups is 1. The minimum atomic E-state index is -1.46. The van der Waals surface area contributed by atoms with Crippen molar-refractivity contribution in [2.75, 3.05) is 7.11 Å². The van der Waals surface area contributed by atoms with Gasteiger partial charge in [-0.1, -0.05) is 23.7 Å². The van der Waals surface area contributed by atoms with E-state index in [9.17, 15) is 5.11 Å². The van der Waals surface area contributed by atoms with E-state index in [1.165, 1.54) is 41.8 Å². The number of halogens is 1. The third-order valence-electron chi connectivity index (χ3n) is 3.52. The fraction of sp³-hybridized carbons (Fsp3) is 0.286. The summed E-state index contributed by atoms with van der Waals surface area (Å²) in [5, 5.41) is 20.1. The van der Waals surface area contributed by atoms with E-state index in [1.807, 2.05) is 0 Å². The van der Waals surface area contributed by atoms with E-state index < -0.39 is 11.8 Å². The van der Waals surface area contributed by atoms with Crippen molar-refractivity contribution < 1.29 is 9.84 Å². The first-order chi connectivity index (χ1) is 11.1. The Kier molecular flexibility index (Phi) is 4.37. The van der Waals surface area contributed by atoms with Crippen molar-refractivity contribution in [3.63, 3.8) is 0 Å². The second-order valence-electron chi connectivity index (χ2n) is 4.99. The molecule has 120 valence electrons. The lowest BCUT2D eigenvalue weighted by Crippen LogP contribution is -2.42. The summed E-state index contributed by atoms with van der Waals surface area (Å²) in [5.74, 6) is 0. The first-order valence-corrected chi connectivity index (χ1v) is 7.19. The Balaban J connectivity index is 2.06. The zero-order chi connectivity index (χ0) is 16.3. The van der Waals surface area contributed by atoms with Gasteiger partial charge in [0, 0.05) is 12.1 Å². The van der Waals surface area contributed by atoms with Crippen LogP contribution in [0.4, 0.5) is 0 Å². The van der Waals surface area contributed by atoms with E-state index in [1.54, 1.807) is 24.3 Å². The third kappa shape index (κ3) is 3.09. The Morgan fingerprint density at radius 3 is 2.43 bits per heavy atom. The average molecular weight is 335 g/mol. The van der Waals surface area contributed by atoms with Gasteiger partial charge in [0.25, 0.3) is 0 Å². The van der Waals surface area contributed by atoms with E-state index in [4.69, 9.17) is 16.3 Å². The van der Waals surface area contributed by atoms with Gasteiger partial charge >= 0.3 is 0 Å². The molecule has 1 aromatic carbocycles. The summed E-state index contributed by atoms with van der Waals surface area (Å²) in [4.78, 5) is 7.82. The minimum Gasteiger partial charge on any atom is -0.378 e. The van der Waals surface area contributed by atoms with E-state index in [0.717, 1.165) is 0 Å². The van der Waals surface area contributed by atoms with Crippen LogP contribution < -0.4 is 0 Å². The quantitative estimate of drug-likeness (QED) is 0.729. The van der Waals surface area contributed by atoms with Crippen LogP contribution in [0, 0.1) is 0 Å². The Hall–Kier alpha value is -2.29. The average Bonchev–Trinajstić information content (AvgIpc) is 3.22. The maximum atomic E-state index is 11.4. The second-order valence-corrected chi connectivity index (χ2v) is 5.42. The maximum absolute atomic E-state index is 11.4. The van der Waals surface area contributed by atoms with Gasteiger partial charge in [0.2, 0.25) is 0 Å². The normalized spacial score (nSPS) is 15.3. The van der Waals surface area contributed by atoms with Crippen molar-refractivity contribution in [2.24, 2.45) is 0 Å². The number of nitrogens with zero attached hydrogens (tertiary/aromatic N) is 6. The van der Waals surface area contributed by atoms with Gasteiger partial charge in [-0.3, -0.25) is 0 Å². The maximum Gasteiger partial charge on any atom is 0.186 e. The molecule has 0 aliphatic rings. The van der Waals surface area contributed by atoms with Crippen molar-refractivity contribution in [3.8, 4) is 0 Å². The highest BCUT2D eigenvalue weighted by atomic mass is 35.5. The van der Waals surface area contributed by atoms with Gasteiger partial charge in [-0.05, 0) is 17.7 Å². The molecule has 2 heterocycles. The predicted octanol–water partition coefficient (Wildman–Crippen LogP) is 1.26. The number of hydrogen-bond donors (Lipinski definition) is 1. The smallest absolute Gasteiger partial charge is 0.186 e. The summed E-state index contributed by atoms with van der Waals surface area (Å²) >= 11 is 5.95. The molecule has 0 aliphatic heterocycles. The van der Waals surface area contributed by atoms with Gasteiger partial charge in [0.15, 0.2) is 11.8 Å². The summed E-state index contributed by atoms with van der Waals surface area (Å²) in [6.07, 6.45) is 4.98. The Bertz CT molecular complexity index is 731. The van der Waals surface area contributed by atoms with Crippen molar-refractivity contribution in [3.05, 3.63) is 60.2 Å². The molecule has 9 heteroatoms. The van der Waals surface area contributed by atoms with Crippen molar-refractivity contribution >= 4 is 11.6 Å². The predicted molar refractivity (Wildman–Crippen MR) is 81.4 cm³/mol. The van der Waals surface area contributed by atoms with Gasteiger partial charge in [-0.2, -0.15) is 10.2 Å². The molecule has 0 saturated carbocycles. The van der Waals surface area contributed by atoms with Crippen molar-refractivity contribution in [1.82, 2.24) is 29.5 Å². The summed E-state index contributed by atoms with van der Waals surface area (Å²) in [7, 11) is 1.49. The first-order valence-electron chi connectivity index (χ1n) is 6.81. The Labute approximate surface area is 137 Å². The Morgan fingerprint density at radius 2 is 1.87 bits per heavy atom. The highest BCUT2D eigenvalue weighted by Gasteiger charge is 2.41. The van der Waals surface area contributed by atoms with E-state index in [2.05, 4.69) is 20.2 Å². The molecule has 0 bridgehead atoms. The lowest BCUT2D eigenvalue weighted by molar-refractivity contribution is -0.153. The molecule has 1 N–H and O–H groups in total. The number of hydrogen-bond acceptors (Lipinski definition) is 6. The zero-order valence-corrected chi connectivity index (χ0v) is 13.1. The third-order valence-corrected chi connectivity index (χ3v) is 3.77. The molecule has 2 aromatic heterocycles. The molecule has 3 rings (SSSR count). The molecule has 23 heavy (non-hydrogen) atoms. The number of methoxy groups -OCH3 is 1. The fourth-order valence-corrected chi connectivity index (χ4v) is 2.60. The van der Waals surface area contributed by atoms with Crippen molar-refractivity contribution in [1.29, 1.82) is 0 Å². The standard InChI is InChI=1S/C14H15ClN6O2/c1-23-13(21-10-17-8-19-21)14(22,6-20-9-16-7-18-20)11-2-4-12(15)5-3-11/h2-5,7-10,13,22H,6H2,1H3/t13-,14-/m1/s1. The van der Waals surface area contributed by atoms with Gasteiger partial charge in [-0.25, -0.2) is 19.3 Å². The molecule has 0 unspecified atom stereocenters. The van der Waals surface area contributed by atoms with Gasteiger partial charge in [-0.15, -0.1) is 0 Å². The van der Waals surface area contributed by atoms with Crippen LogP contribution in [0.1, 0.15) is 11.8 Å². The summed E-state index contributed by atoms with van der Waals surface area (Å²) in [5.41, 5.74) is -0.847. The fourth-order valence-electron chi connectivity index (χ4n) is 2.47. The molecule has 0 amide bonds. The lowest BCUT2D eigenvalue weighted by Gasteiger charge is -2.35. The van der Waals surface area contributed by atoms with Gasteiger partial charge in [0.05, 0.1) is 6.54 Å². The van der Waals surface area contributed by atoms with E-state index in [0.29, 0.717) is 10.6 Å². The zero-order valence-electron chi connectivity index (χ0n) is 12.3. The van der Waals surface area contributed by atoms with Crippen LogP contribution >= 0.6 is 11.6 Å². The molecule has 8 nitrogen and oxygen atoms in total. The highest BCUT2D eigenvalue weighted by Crippen LogP contribution is 2.35. The molecule has 0 saturated heterocycles. The highest BCUT2D eigenvalue weighted by molar-refractivity contribution is 6.30. The van der Waals surface area contributed by atoms with E-state index >= 15 is 0 Å². The molecular weight excluding hydrogens is 320 g/mol. The monoisotopic (exact) mass is 334 g/mol. The molecule has 0 spiro atoms. The van der Waals surface area contributed by atoms with Crippen LogP contribution in [0.15, 0.2) is 49.6 Å².